The largest absolute Gasteiger partial charge is 0.507 e. The van der Waals surface area contributed by atoms with E-state index in [4.69, 9.17) is 16.3 Å². The first kappa shape index (κ1) is 20.5. The first-order chi connectivity index (χ1) is 14.6. The molecule has 156 valence electrons. The molecule has 1 unspecified atom stereocenters. The first-order valence-corrected chi connectivity index (χ1v) is 10.2. The topological polar surface area (TPSA) is 83.0 Å². The van der Waals surface area contributed by atoms with Crippen LogP contribution in [0.25, 0.3) is 5.76 Å². The highest BCUT2D eigenvalue weighted by Crippen LogP contribution is 2.39. The Morgan fingerprint density at radius 2 is 1.87 bits per heavy atom. The molecular weight excluding hydrogens is 406 g/mol. The van der Waals surface area contributed by atoms with Crippen molar-refractivity contribution in [2.24, 2.45) is 0 Å². The Bertz CT molecular complexity index is 973. The Kier molecular flexibility index (Phi) is 6.13. The summed E-state index contributed by atoms with van der Waals surface area (Å²) in [6.45, 7) is 3.83. The summed E-state index contributed by atoms with van der Waals surface area (Å²) in [6, 6.07) is 9.53. The van der Waals surface area contributed by atoms with Crippen molar-refractivity contribution in [3.8, 4) is 0 Å². The van der Waals surface area contributed by atoms with Gasteiger partial charge in [0.1, 0.15) is 5.76 Å². The summed E-state index contributed by atoms with van der Waals surface area (Å²) in [5, 5.41) is 11.4. The number of aliphatic hydroxyl groups excluding tert-OH is 1. The van der Waals surface area contributed by atoms with Gasteiger partial charge in [-0.05, 0) is 29.8 Å². The second kappa shape index (κ2) is 8.95. The highest BCUT2D eigenvalue weighted by molar-refractivity contribution is 6.46. The van der Waals surface area contributed by atoms with E-state index in [1.165, 1.54) is 17.3 Å². The summed E-state index contributed by atoms with van der Waals surface area (Å²) in [5.74, 6) is -1.53. The van der Waals surface area contributed by atoms with Crippen LogP contribution < -0.4 is 0 Å². The van der Waals surface area contributed by atoms with Gasteiger partial charge in [0.05, 0.1) is 24.8 Å². The summed E-state index contributed by atoms with van der Waals surface area (Å²) >= 11 is 6.19. The molecule has 0 saturated carbocycles. The predicted octanol–water partition coefficient (Wildman–Crippen LogP) is 2.49. The third-order valence-electron chi connectivity index (χ3n) is 5.42. The molecule has 0 spiro atoms. The molecule has 8 heteroatoms. The minimum absolute atomic E-state index is 0.0652. The monoisotopic (exact) mass is 427 g/mol. The third kappa shape index (κ3) is 4.09. The SMILES string of the molecule is O=C1C(=O)N(CCN2CCOCC2)C(c2cccc(Cl)c2)C1=C(O)c1ccncc1. The number of halogens is 1. The maximum atomic E-state index is 13.0. The van der Waals surface area contributed by atoms with Crippen LogP contribution in [0.2, 0.25) is 5.02 Å². The van der Waals surface area contributed by atoms with Gasteiger partial charge in [-0.25, -0.2) is 0 Å². The molecule has 30 heavy (non-hydrogen) atoms. The van der Waals surface area contributed by atoms with E-state index in [-0.39, 0.29) is 11.3 Å². The summed E-state index contributed by atoms with van der Waals surface area (Å²) < 4.78 is 5.37. The van der Waals surface area contributed by atoms with E-state index in [0.717, 1.165) is 13.1 Å². The lowest BCUT2D eigenvalue weighted by atomic mass is 9.95. The summed E-state index contributed by atoms with van der Waals surface area (Å²) in [7, 11) is 0. The zero-order valence-corrected chi connectivity index (χ0v) is 17.1. The van der Waals surface area contributed by atoms with Gasteiger partial charge in [-0.3, -0.25) is 19.5 Å². The van der Waals surface area contributed by atoms with Gasteiger partial charge in [-0.2, -0.15) is 0 Å². The Hall–Kier alpha value is -2.74. The van der Waals surface area contributed by atoms with Crippen LogP contribution in [0, 0.1) is 0 Å². The van der Waals surface area contributed by atoms with Crippen LogP contribution >= 0.6 is 11.6 Å². The Labute approximate surface area is 179 Å². The Morgan fingerprint density at radius 1 is 1.13 bits per heavy atom. The van der Waals surface area contributed by atoms with Crippen molar-refractivity contribution in [1.29, 1.82) is 0 Å². The van der Waals surface area contributed by atoms with E-state index in [1.807, 2.05) is 6.07 Å². The standard InChI is InChI=1S/C22H22ClN3O4/c23-17-3-1-2-16(14-17)19-18(20(27)15-4-6-24-7-5-15)21(28)22(29)26(19)9-8-25-10-12-30-13-11-25/h1-7,14,19,27H,8-13H2. The quantitative estimate of drug-likeness (QED) is 0.448. The number of morpholine rings is 1. The molecule has 1 aromatic carbocycles. The average molecular weight is 428 g/mol. The Morgan fingerprint density at radius 3 is 2.57 bits per heavy atom. The smallest absolute Gasteiger partial charge is 0.295 e. The number of nitrogens with zero attached hydrogens (tertiary/aromatic N) is 3. The number of aromatic nitrogens is 1. The molecule has 2 fully saturated rings. The molecule has 2 aliphatic rings. The second-order valence-electron chi connectivity index (χ2n) is 7.24. The van der Waals surface area contributed by atoms with E-state index >= 15 is 0 Å². The van der Waals surface area contributed by atoms with Crippen molar-refractivity contribution in [2.75, 3.05) is 39.4 Å². The number of ketones is 1. The van der Waals surface area contributed by atoms with E-state index < -0.39 is 17.7 Å². The third-order valence-corrected chi connectivity index (χ3v) is 5.65. The van der Waals surface area contributed by atoms with E-state index in [1.54, 1.807) is 30.3 Å². The van der Waals surface area contributed by atoms with Crippen LogP contribution in [0.15, 0.2) is 54.4 Å². The van der Waals surface area contributed by atoms with Gasteiger partial charge >= 0.3 is 0 Å². The van der Waals surface area contributed by atoms with Gasteiger partial charge in [0.15, 0.2) is 0 Å². The van der Waals surface area contributed by atoms with Crippen LogP contribution in [0.5, 0.6) is 0 Å². The molecule has 2 aromatic rings. The minimum Gasteiger partial charge on any atom is -0.507 e. The van der Waals surface area contributed by atoms with Gasteiger partial charge in [-0.15, -0.1) is 0 Å². The molecule has 2 saturated heterocycles. The number of Topliss-reactive ketones (excluding diaryl/α,β-unsaturated/α-hetero) is 1. The van der Waals surface area contributed by atoms with Gasteiger partial charge in [0.2, 0.25) is 0 Å². The molecule has 7 nitrogen and oxygen atoms in total. The van der Waals surface area contributed by atoms with Crippen molar-refractivity contribution in [3.63, 3.8) is 0 Å². The van der Waals surface area contributed by atoms with E-state index in [0.29, 0.717) is 42.5 Å². The molecule has 0 aliphatic carbocycles. The number of hydrogen-bond acceptors (Lipinski definition) is 6. The van der Waals surface area contributed by atoms with Gasteiger partial charge in [-0.1, -0.05) is 23.7 Å². The van der Waals surface area contributed by atoms with Crippen LogP contribution in [-0.4, -0.2) is 71.0 Å². The molecule has 1 N–H and O–H groups in total. The zero-order chi connectivity index (χ0) is 21.1. The second-order valence-corrected chi connectivity index (χ2v) is 7.67. The van der Waals surface area contributed by atoms with Crippen LogP contribution in [-0.2, 0) is 14.3 Å². The molecule has 0 bridgehead atoms. The molecule has 1 amide bonds. The molecular formula is C22H22ClN3O4. The molecule has 3 heterocycles. The number of likely N-dealkylation sites (tertiary alicyclic amines) is 1. The fourth-order valence-electron chi connectivity index (χ4n) is 3.87. The lowest BCUT2D eigenvalue weighted by molar-refractivity contribution is -0.140. The molecule has 2 aliphatic heterocycles. The summed E-state index contributed by atoms with van der Waals surface area (Å²) in [5.41, 5.74) is 1.18. The number of benzene rings is 1. The number of amides is 1. The predicted molar refractivity (Wildman–Crippen MR) is 112 cm³/mol. The number of carbonyl (C=O) groups is 2. The maximum absolute atomic E-state index is 13.0. The van der Waals surface area contributed by atoms with Gasteiger partial charge < -0.3 is 14.7 Å². The minimum atomic E-state index is -0.710. The lowest BCUT2D eigenvalue weighted by Crippen LogP contribution is -2.42. The number of pyridine rings is 1. The highest BCUT2D eigenvalue weighted by atomic mass is 35.5. The summed E-state index contributed by atoms with van der Waals surface area (Å²) in [6.07, 6.45) is 3.05. The fraction of sp³-hybridized carbons (Fsp3) is 0.318. The van der Waals surface area contributed by atoms with Crippen LogP contribution in [0.1, 0.15) is 17.2 Å². The van der Waals surface area contributed by atoms with E-state index in [2.05, 4.69) is 9.88 Å². The van der Waals surface area contributed by atoms with Crippen molar-refractivity contribution < 1.29 is 19.4 Å². The van der Waals surface area contributed by atoms with Crippen LogP contribution in [0.3, 0.4) is 0 Å². The highest BCUT2D eigenvalue weighted by Gasteiger charge is 2.46. The zero-order valence-electron chi connectivity index (χ0n) is 16.3. The van der Waals surface area contributed by atoms with E-state index in [9.17, 15) is 14.7 Å². The average Bonchev–Trinajstić information content (AvgIpc) is 3.03. The molecule has 1 atom stereocenters. The molecule has 4 rings (SSSR count). The fourth-order valence-corrected chi connectivity index (χ4v) is 4.07. The van der Waals surface area contributed by atoms with Crippen molar-refractivity contribution in [3.05, 3.63) is 70.5 Å². The van der Waals surface area contributed by atoms with Crippen LogP contribution in [0.4, 0.5) is 0 Å². The maximum Gasteiger partial charge on any atom is 0.295 e. The molecule has 1 aromatic heterocycles. The normalized spacial score (nSPS) is 21.9. The van der Waals surface area contributed by atoms with Crippen molar-refractivity contribution in [1.82, 2.24) is 14.8 Å². The summed E-state index contributed by atoms with van der Waals surface area (Å²) in [4.78, 5) is 33.6. The Balaban J connectivity index is 1.73. The number of ether oxygens (including phenoxy) is 1. The van der Waals surface area contributed by atoms with Gasteiger partial charge in [0, 0.05) is 49.2 Å². The number of carbonyl (C=O) groups excluding carboxylic acids is 2. The van der Waals surface area contributed by atoms with Crippen molar-refractivity contribution in [2.45, 2.75) is 6.04 Å². The van der Waals surface area contributed by atoms with Crippen molar-refractivity contribution >= 4 is 29.1 Å². The number of rotatable bonds is 5. The lowest BCUT2D eigenvalue weighted by Gasteiger charge is -2.31. The number of hydrogen-bond donors (Lipinski definition) is 1. The first-order valence-electron chi connectivity index (χ1n) is 9.80. The number of aliphatic hydroxyl groups is 1. The molecule has 0 radical (unpaired) electrons. The van der Waals surface area contributed by atoms with Gasteiger partial charge in [0.25, 0.3) is 11.7 Å².